The highest BCUT2D eigenvalue weighted by atomic mass is 35.5. The summed E-state index contributed by atoms with van der Waals surface area (Å²) >= 11 is 5.96. The summed E-state index contributed by atoms with van der Waals surface area (Å²) in [6.07, 6.45) is 1.15. The molecule has 0 bridgehead atoms. The molecule has 0 heterocycles. The van der Waals surface area contributed by atoms with Crippen LogP contribution >= 0.6 is 11.6 Å². The molecule has 0 spiro atoms. The van der Waals surface area contributed by atoms with Gasteiger partial charge in [-0.05, 0) is 80.3 Å². The third-order valence-electron chi connectivity index (χ3n) is 5.72. The summed E-state index contributed by atoms with van der Waals surface area (Å²) < 4.78 is 43.9. The highest BCUT2D eigenvalue weighted by Gasteiger charge is 2.32. The van der Waals surface area contributed by atoms with E-state index >= 15 is 0 Å². The first kappa shape index (κ1) is 22.5. The molecule has 2 aromatic rings. The lowest BCUT2D eigenvalue weighted by atomic mass is 9.82. The maximum atomic E-state index is 12.9. The van der Waals surface area contributed by atoms with Crippen LogP contribution in [0.25, 0.3) is 0 Å². The zero-order chi connectivity index (χ0) is 21.7. The largest absolute Gasteiger partial charge is 0.497 e. The first-order valence-corrected chi connectivity index (χ1v) is 10.4. The summed E-state index contributed by atoms with van der Waals surface area (Å²) in [6, 6.07) is 10.8. The number of amides is 1. The van der Waals surface area contributed by atoms with Gasteiger partial charge in [-0.2, -0.15) is 13.2 Å². The Balaban J connectivity index is 1.49. The van der Waals surface area contributed by atoms with Crippen molar-refractivity contribution in [2.75, 3.05) is 7.11 Å². The molecule has 3 nitrogen and oxygen atoms in total. The van der Waals surface area contributed by atoms with Crippen LogP contribution in [0, 0.1) is 5.92 Å². The van der Waals surface area contributed by atoms with Crippen LogP contribution in [0.5, 0.6) is 5.75 Å². The lowest BCUT2D eigenvalue weighted by Crippen LogP contribution is -2.38. The maximum Gasteiger partial charge on any atom is 0.416 e. The second kappa shape index (κ2) is 9.73. The van der Waals surface area contributed by atoms with Crippen LogP contribution in [0.1, 0.15) is 53.6 Å². The van der Waals surface area contributed by atoms with Gasteiger partial charge in [0.25, 0.3) is 5.91 Å². The summed E-state index contributed by atoms with van der Waals surface area (Å²) in [5, 5.41) is 2.88. The van der Waals surface area contributed by atoms with Crippen molar-refractivity contribution in [1.82, 2.24) is 5.32 Å². The van der Waals surface area contributed by atoms with E-state index in [1.54, 1.807) is 7.11 Å². The van der Waals surface area contributed by atoms with E-state index in [4.69, 9.17) is 16.3 Å². The third-order valence-corrected chi connectivity index (χ3v) is 6.05. The Bertz CT molecular complexity index is 860. The molecule has 1 fully saturated rings. The number of halogens is 4. The zero-order valence-corrected chi connectivity index (χ0v) is 17.5. The van der Waals surface area contributed by atoms with E-state index in [0.29, 0.717) is 5.92 Å². The standard InChI is InChI=1S/C23H25ClF3NO2/c1-30-19-11-6-16(7-12-19)3-2-15-4-9-18(10-5-15)28-22(29)20-14-17(23(25,26)27)8-13-21(20)24/h6-8,11-15,18H,2-5,9-10H2,1H3,(H,28,29). The Morgan fingerprint density at radius 2 is 1.77 bits per heavy atom. The molecule has 0 saturated heterocycles. The minimum absolute atomic E-state index is 0.0219. The van der Waals surface area contributed by atoms with Gasteiger partial charge in [-0.3, -0.25) is 4.79 Å². The molecule has 0 unspecified atom stereocenters. The van der Waals surface area contributed by atoms with Crippen LogP contribution in [-0.2, 0) is 12.6 Å². The van der Waals surface area contributed by atoms with E-state index in [2.05, 4.69) is 17.4 Å². The highest BCUT2D eigenvalue weighted by Crippen LogP contribution is 2.32. The number of rotatable bonds is 6. The average molecular weight is 440 g/mol. The first-order chi connectivity index (χ1) is 14.3. The summed E-state index contributed by atoms with van der Waals surface area (Å²) in [6.45, 7) is 0. The molecule has 2 aromatic carbocycles. The van der Waals surface area contributed by atoms with Crippen LogP contribution in [0.15, 0.2) is 42.5 Å². The molecular weight excluding hydrogens is 415 g/mol. The lowest BCUT2D eigenvalue weighted by molar-refractivity contribution is -0.137. The summed E-state index contributed by atoms with van der Waals surface area (Å²) in [5.74, 6) is 0.876. The van der Waals surface area contributed by atoms with Crippen molar-refractivity contribution in [3.05, 3.63) is 64.2 Å². The van der Waals surface area contributed by atoms with E-state index in [1.807, 2.05) is 12.1 Å². The number of hydrogen-bond acceptors (Lipinski definition) is 2. The summed E-state index contributed by atoms with van der Waals surface area (Å²) in [4.78, 5) is 12.5. The highest BCUT2D eigenvalue weighted by molar-refractivity contribution is 6.33. The van der Waals surface area contributed by atoms with Gasteiger partial charge >= 0.3 is 6.18 Å². The Kier molecular flexibility index (Phi) is 7.29. The summed E-state index contributed by atoms with van der Waals surface area (Å²) in [7, 11) is 1.65. The number of carbonyl (C=O) groups excluding carboxylic acids is 1. The molecular formula is C23H25ClF3NO2. The molecule has 1 saturated carbocycles. The minimum atomic E-state index is -4.51. The van der Waals surface area contributed by atoms with Crippen molar-refractivity contribution >= 4 is 17.5 Å². The van der Waals surface area contributed by atoms with Crippen molar-refractivity contribution < 1.29 is 22.7 Å². The van der Waals surface area contributed by atoms with Crippen molar-refractivity contribution in [2.24, 2.45) is 5.92 Å². The fraction of sp³-hybridized carbons (Fsp3) is 0.435. The SMILES string of the molecule is COc1ccc(CCC2CCC(NC(=O)c3cc(C(F)(F)F)ccc3Cl)CC2)cc1. The molecule has 1 N–H and O–H groups in total. The van der Waals surface area contributed by atoms with E-state index in [-0.39, 0.29) is 16.6 Å². The monoisotopic (exact) mass is 439 g/mol. The number of benzene rings is 2. The maximum absolute atomic E-state index is 12.9. The van der Waals surface area contributed by atoms with Gasteiger partial charge < -0.3 is 10.1 Å². The third kappa shape index (κ3) is 5.91. The van der Waals surface area contributed by atoms with Crippen molar-refractivity contribution in [1.29, 1.82) is 0 Å². The van der Waals surface area contributed by atoms with Crippen LogP contribution in [-0.4, -0.2) is 19.1 Å². The van der Waals surface area contributed by atoms with E-state index in [1.165, 1.54) is 5.56 Å². The van der Waals surface area contributed by atoms with Gasteiger partial charge in [0.15, 0.2) is 0 Å². The van der Waals surface area contributed by atoms with E-state index in [0.717, 1.165) is 62.5 Å². The number of hydrogen-bond donors (Lipinski definition) is 1. The number of nitrogens with one attached hydrogen (secondary N) is 1. The molecule has 0 atom stereocenters. The van der Waals surface area contributed by atoms with Gasteiger partial charge in [-0.1, -0.05) is 23.7 Å². The number of alkyl halides is 3. The van der Waals surface area contributed by atoms with Gasteiger partial charge in [0.1, 0.15) is 5.75 Å². The predicted octanol–water partition coefficient (Wildman–Crippen LogP) is 6.29. The molecule has 30 heavy (non-hydrogen) atoms. The quantitative estimate of drug-likeness (QED) is 0.574. The van der Waals surface area contributed by atoms with Crippen molar-refractivity contribution in [2.45, 2.75) is 50.7 Å². The van der Waals surface area contributed by atoms with Crippen LogP contribution in [0.2, 0.25) is 5.02 Å². The second-order valence-electron chi connectivity index (χ2n) is 7.77. The van der Waals surface area contributed by atoms with Crippen LogP contribution in [0.4, 0.5) is 13.2 Å². The lowest BCUT2D eigenvalue weighted by Gasteiger charge is -2.29. The van der Waals surface area contributed by atoms with Crippen LogP contribution in [0.3, 0.4) is 0 Å². The van der Waals surface area contributed by atoms with Gasteiger partial charge in [-0.25, -0.2) is 0 Å². The average Bonchev–Trinajstić information content (AvgIpc) is 2.73. The molecule has 1 aliphatic rings. The smallest absolute Gasteiger partial charge is 0.416 e. The van der Waals surface area contributed by atoms with Gasteiger partial charge in [0, 0.05) is 6.04 Å². The van der Waals surface area contributed by atoms with Crippen molar-refractivity contribution in [3.8, 4) is 5.75 Å². The van der Waals surface area contributed by atoms with Crippen molar-refractivity contribution in [3.63, 3.8) is 0 Å². The minimum Gasteiger partial charge on any atom is -0.497 e. The Morgan fingerprint density at radius 1 is 1.10 bits per heavy atom. The number of ether oxygens (including phenoxy) is 1. The molecule has 1 aliphatic carbocycles. The van der Waals surface area contributed by atoms with Gasteiger partial charge in [0.2, 0.25) is 0 Å². The zero-order valence-electron chi connectivity index (χ0n) is 16.8. The molecule has 7 heteroatoms. The number of carbonyl (C=O) groups is 1. The Hall–Kier alpha value is -2.21. The van der Waals surface area contributed by atoms with E-state index in [9.17, 15) is 18.0 Å². The second-order valence-corrected chi connectivity index (χ2v) is 8.18. The van der Waals surface area contributed by atoms with Crippen LogP contribution < -0.4 is 10.1 Å². The Morgan fingerprint density at radius 3 is 2.37 bits per heavy atom. The fourth-order valence-electron chi connectivity index (χ4n) is 3.90. The fourth-order valence-corrected chi connectivity index (χ4v) is 4.10. The Labute approximate surface area is 179 Å². The molecule has 162 valence electrons. The molecule has 0 radical (unpaired) electrons. The van der Waals surface area contributed by atoms with E-state index < -0.39 is 17.6 Å². The molecule has 3 rings (SSSR count). The van der Waals surface area contributed by atoms with Gasteiger partial charge in [0.05, 0.1) is 23.3 Å². The first-order valence-electron chi connectivity index (χ1n) is 10.1. The molecule has 0 aliphatic heterocycles. The summed E-state index contributed by atoms with van der Waals surface area (Å²) in [5.41, 5.74) is 0.262. The van der Waals surface area contributed by atoms with Gasteiger partial charge in [-0.15, -0.1) is 0 Å². The topological polar surface area (TPSA) is 38.3 Å². The molecule has 0 aromatic heterocycles. The number of methoxy groups -OCH3 is 1. The molecule has 1 amide bonds. The normalized spacial score (nSPS) is 19.4. The predicted molar refractivity (Wildman–Crippen MR) is 111 cm³/mol. The number of aryl methyl sites for hydroxylation is 1.